The Kier molecular flexibility index (Phi) is 7.14. The zero-order valence-electron chi connectivity index (χ0n) is 13.7. The van der Waals surface area contributed by atoms with Crippen molar-refractivity contribution >= 4 is 55.9 Å². The summed E-state index contributed by atoms with van der Waals surface area (Å²) in [4.78, 5) is 4.11. The Morgan fingerprint density at radius 1 is 1.19 bits per heavy atom. The van der Waals surface area contributed by atoms with Crippen LogP contribution in [0.4, 0.5) is 0 Å². The molecule has 2 aromatic carbocycles. The van der Waals surface area contributed by atoms with E-state index in [1.807, 2.05) is 59.3 Å². The van der Waals surface area contributed by atoms with E-state index in [4.69, 9.17) is 28.6 Å². The summed E-state index contributed by atoms with van der Waals surface area (Å²) < 4.78 is 9.39. The van der Waals surface area contributed by atoms with E-state index in [1.54, 1.807) is 12.5 Å². The van der Waals surface area contributed by atoms with Gasteiger partial charge < -0.3 is 9.30 Å². The second kappa shape index (κ2) is 9.55. The van der Waals surface area contributed by atoms with Crippen molar-refractivity contribution in [3.05, 3.63) is 87.9 Å². The van der Waals surface area contributed by atoms with Crippen molar-refractivity contribution in [2.75, 3.05) is 0 Å². The number of halogens is 2. The second-order valence-corrected chi connectivity index (χ2v) is 8.74. The highest BCUT2D eigenvalue weighted by Crippen LogP contribution is 2.33. The third-order valence-corrected chi connectivity index (χ3v) is 5.89. The molecule has 0 N–H and O–H groups in total. The lowest BCUT2D eigenvalue weighted by molar-refractivity contribution is 0.310. The van der Waals surface area contributed by atoms with E-state index in [9.17, 15) is 0 Å². The molecule has 0 amide bonds. The largest absolute Gasteiger partial charge is 0.474 e. The highest BCUT2D eigenvalue weighted by Gasteiger charge is 2.17. The fourth-order valence-corrected chi connectivity index (χ4v) is 4.04. The Labute approximate surface area is 175 Å². The minimum absolute atomic E-state index is 0.110. The fraction of sp³-hybridized carbons (Fsp3) is 0.158. The van der Waals surface area contributed by atoms with Crippen molar-refractivity contribution in [2.45, 2.75) is 18.4 Å². The standard InChI is InChI=1S/C19H16BrClN2OS2/c20-16-5-1-14(2-6-16)12-24-19(25)26-18(11-23-10-9-22-13-23)15-3-7-17(21)8-4-15/h1-10,13,18H,11-12H2. The molecule has 0 radical (unpaired) electrons. The maximum Gasteiger partial charge on any atom is 0.220 e. The molecule has 1 atom stereocenters. The van der Waals surface area contributed by atoms with Crippen LogP contribution in [0.2, 0.25) is 5.02 Å². The molecule has 0 bridgehead atoms. The molecule has 0 saturated carbocycles. The number of nitrogens with zero attached hydrogens (tertiary/aromatic N) is 2. The smallest absolute Gasteiger partial charge is 0.220 e. The summed E-state index contributed by atoms with van der Waals surface area (Å²) >= 11 is 16.4. The van der Waals surface area contributed by atoms with Crippen molar-refractivity contribution in [1.29, 1.82) is 0 Å². The summed E-state index contributed by atoms with van der Waals surface area (Å²) in [5, 5.41) is 0.827. The molecule has 0 aliphatic carbocycles. The number of hydrogen-bond donors (Lipinski definition) is 0. The first-order chi connectivity index (χ1) is 12.6. The minimum atomic E-state index is 0.110. The number of imidazole rings is 1. The minimum Gasteiger partial charge on any atom is -0.474 e. The van der Waals surface area contributed by atoms with Crippen LogP contribution < -0.4 is 0 Å². The highest BCUT2D eigenvalue weighted by atomic mass is 79.9. The third-order valence-electron chi connectivity index (χ3n) is 3.69. The molecule has 0 aliphatic heterocycles. The van der Waals surface area contributed by atoms with Gasteiger partial charge in [-0.2, -0.15) is 0 Å². The molecular formula is C19H16BrClN2OS2. The summed E-state index contributed by atoms with van der Waals surface area (Å²) in [6, 6.07) is 15.8. The number of ether oxygens (including phenoxy) is 1. The first-order valence-electron chi connectivity index (χ1n) is 7.89. The highest BCUT2D eigenvalue weighted by molar-refractivity contribution is 9.10. The van der Waals surface area contributed by atoms with Gasteiger partial charge in [-0.3, -0.25) is 0 Å². The van der Waals surface area contributed by atoms with Crippen molar-refractivity contribution in [3.63, 3.8) is 0 Å². The van der Waals surface area contributed by atoms with Gasteiger partial charge in [0.05, 0.1) is 11.6 Å². The van der Waals surface area contributed by atoms with Gasteiger partial charge >= 0.3 is 0 Å². The van der Waals surface area contributed by atoms with Gasteiger partial charge in [-0.1, -0.05) is 63.6 Å². The van der Waals surface area contributed by atoms with Crippen LogP contribution in [0.1, 0.15) is 16.4 Å². The fourth-order valence-electron chi connectivity index (χ4n) is 2.35. The van der Waals surface area contributed by atoms with Gasteiger partial charge in [-0.05, 0) is 47.6 Å². The quantitative estimate of drug-likeness (QED) is 0.399. The molecule has 3 nitrogen and oxygen atoms in total. The number of hydrogen-bond acceptors (Lipinski definition) is 4. The van der Waals surface area contributed by atoms with Crippen LogP contribution in [0.25, 0.3) is 0 Å². The van der Waals surface area contributed by atoms with Gasteiger partial charge in [-0.15, -0.1) is 0 Å². The molecule has 134 valence electrons. The summed E-state index contributed by atoms with van der Waals surface area (Å²) in [5.74, 6) is 0. The monoisotopic (exact) mass is 466 g/mol. The predicted octanol–water partition coefficient (Wildman–Crippen LogP) is 6.28. The molecule has 0 saturated heterocycles. The molecule has 0 aliphatic rings. The Hall–Kier alpha value is -1.34. The lowest BCUT2D eigenvalue weighted by atomic mass is 10.1. The number of rotatable bonds is 6. The second-order valence-electron chi connectivity index (χ2n) is 5.58. The number of aromatic nitrogens is 2. The lowest BCUT2D eigenvalue weighted by Gasteiger charge is -2.18. The van der Waals surface area contributed by atoms with Crippen LogP contribution in [0.3, 0.4) is 0 Å². The molecule has 0 spiro atoms. The van der Waals surface area contributed by atoms with E-state index in [-0.39, 0.29) is 5.25 Å². The number of thioether (sulfide) groups is 1. The molecule has 26 heavy (non-hydrogen) atoms. The first-order valence-corrected chi connectivity index (χ1v) is 10.3. The molecule has 0 fully saturated rings. The number of benzene rings is 2. The average Bonchev–Trinajstić information content (AvgIpc) is 3.14. The lowest BCUT2D eigenvalue weighted by Crippen LogP contribution is -2.09. The van der Waals surface area contributed by atoms with Gasteiger partial charge in [0.2, 0.25) is 4.38 Å². The van der Waals surface area contributed by atoms with E-state index in [1.165, 1.54) is 11.8 Å². The van der Waals surface area contributed by atoms with Crippen LogP contribution in [-0.2, 0) is 17.9 Å². The Morgan fingerprint density at radius 2 is 1.92 bits per heavy atom. The summed E-state index contributed by atoms with van der Waals surface area (Å²) in [7, 11) is 0. The van der Waals surface area contributed by atoms with Gasteiger partial charge in [0, 0.05) is 28.4 Å². The van der Waals surface area contributed by atoms with Crippen molar-refractivity contribution in [1.82, 2.24) is 9.55 Å². The molecule has 1 heterocycles. The number of thiocarbonyl (C=S) groups is 1. The van der Waals surface area contributed by atoms with Crippen LogP contribution in [0.5, 0.6) is 0 Å². The molecule has 1 aromatic heterocycles. The summed E-state index contributed by atoms with van der Waals surface area (Å²) in [6.45, 7) is 1.20. The normalized spacial score (nSPS) is 11.9. The van der Waals surface area contributed by atoms with Crippen LogP contribution in [-0.4, -0.2) is 13.9 Å². The summed E-state index contributed by atoms with van der Waals surface area (Å²) in [5.41, 5.74) is 2.22. The van der Waals surface area contributed by atoms with Crippen LogP contribution in [0.15, 0.2) is 71.7 Å². The Morgan fingerprint density at radius 3 is 2.58 bits per heavy atom. The van der Waals surface area contributed by atoms with Crippen molar-refractivity contribution in [3.8, 4) is 0 Å². The maximum absolute atomic E-state index is 6.02. The maximum atomic E-state index is 6.02. The Balaban J connectivity index is 1.65. The van der Waals surface area contributed by atoms with Crippen LogP contribution in [0, 0.1) is 0 Å². The van der Waals surface area contributed by atoms with Crippen LogP contribution >= 0.6 is 51.5 Å². The molecule has 1 unspecified atom stereocenters. The van der Waals surface area contributed by atoms with E-state index in [2.05, 4.69) is 20.9 Å². The molecular weight excluding hydrogens is 452 g/mol. The van der Waals surface area contributed by atoms with E-state index >= 15 is 0 Å². The zero-order chi connectivity index (χ0) is 18.4. The molecule has 3 rings (SSSR count). The van der Waals surface area contributed by atoms with E-state index in [0.717, 1.165) is 22.1 Å². The zero-order valence-corrected chi connectivity index (χ0v) is 17.7. The third kappa shape index (κ3) is 5.84. The van der Waals surface area contributed by atoms with Crippen molar-refractivity contribution in [2.24, 2.45) is 0 Å². The predicted molar refractivity (Wildman–Crippen MR) is 116 cm³/mol. The Bertz CT molecular complexity index is 839. The van der Waals surface area contributed by atoms with Gasteiger partial charge in [0.15, 0.2) is 0 Å². The van der Waals surface area contributed by atoms with E-state index in [0.29, 0.717) is 16.0 Å². The van der Waals surface area contributed by atoms with Gasteiger partial charge in [0.1, 0.15) is 6.61 Å². The molecule has 7 heteroatoms. The average molecular weight is 468 g/mol. The molecule has 3 aromatic rings. The van der Waals surface area contributed by atoms with Gasteiger partial charge in [-0.25, -0.2) is 4.98 Å². The summed E-state index contributed by atoms with van der Waals surface area (Å²) in [6.07, 6.45) is 5.51. The topological polar surface area (TPSA) is 27.1 Å². The van der Waals surface area contributed by atoms with E-state index < -0.39 is 0 Å². The van der Waals surface area contributed by atoms with Gasteiger partial charge in [0.25, 0.3) is 0 Å². The first kappa shape index (κ1) is 19.4. The SMILES string of the molecule is S=C(OCc1ccc(Br)cc1)SC(Cn1ccnc1)c1ccc(Cl)cc1. The van der Waals surface area contributed by atoms with Crippen molar-refractivity contribution < 1.29 is 4.74 Å².